The van der Waals surface area contributed by atoms with Gasteiger partial charge in [-0.3, -0.25) is 4.79 Å². The van der Waals surface area contributed by atoms with Crippen LogP contribution in [0.15, 0.2) is 0 Å². The zero-order valence-electron chi connectivity index (χ0n) is 14.1. The Bertz CT molecular complexity index is 364. The highest BCUT2D eigenvalue weighted by Gasteiger charge is 2.47. The summed E-state index contributed by atoms with van der Waals surface area (Å²) < 4.78 is 0. The number of carbonyl (C=O) groups is 1. The first-order valence-corrected chi connectivity index (χ1v) is 7.75. The number of carboxylic acids is 1. The standard InChI is InChI=1S/C14H29BN2O4.2ClH/c1-10(2)17(3)9-12-5-4-11(6-7-15(20)21)8-14(12,16)13(18)19;;/h10-12,20-21H,4-9,16H2,1-3H3,(H,18,19);2*1H. The van der Waals surface area contributed by atoms with E-state index in [4.69, 9.17) is 15.8 Å². The van der Waals surface area contributed by atoms with E-state index in [0.29, 0.717) is 25.4 Å². The lowest BCUT2D eigenvalue weighted by atomic mass is 9.66. The molecule has 1 rings (SSSR count). The SMILES string of the molecule is CC(C)N(C)CC1CCC(CCB(O)O)CC1(N)C(=O)O.Cl.Cl. The Hall–Kier alpha value is -0.0451. The maximum absolute atomic E-state index is 11.7. The zero-order valence-corrected chi connectivity index (χ0v) is 15.8. The van der Waals surface area contributed by atoms with E-state index in [1.807, 2.05) is 7.05 Å². The number of hydrogen-bond acceptors (Lipinski definition) is 5. The van der Waals surface area contributed by atoms with Crippen molar-refractivity contribution in [2.45, 2.75) is 57.4 Å². The molecule has 5 N–H and O–H groups in total. The summed E-state index contributed by atoms with van der Waals surface area (Å²) in [6, 6.07) is 0.352. The van der Waals surface area contributed by atoms with Crippen LogP contribution in [0, 0.1) is 11.8 Å². The van der Waals surface area contributed by atoms with Crippen LogP contribution in [-0.4, -0.2) is 58.3 Å². The fourth-order valence-electron chi connectivity index (χ4n) is 3.15. The minimum Gasteiger partial charge on any atom is -0.480 e. The third-order valence-electron chi connectivity index (χ3n) is 4.90. The molecule has 0 aromatic heterocycles. The fraction of sp³-hybridized carbons (Fsp3) is 0.929. The highest BCUT2D eigenvalue weighted by Crippen LogP contribution is 2.38. The predicted molar refractivity (Wildman–Crippen MR) is 97.3 cm³/mol. The van der Waals surface area contributed by atoms with E-state index in [1.54, 1.807) is 0 Å². The van der Waals surface area contributed by atoms with Gasteiger partial charge in [-0.05, 0) is 52.4 Å². The monoisotopic (exact) mass is 372 g/mol. The third kappa shape index (κ3) is 7.16. The van der Waals surface area contributed by atoms with Gasteiger partial charge in [0.05, 0.1) is 0 Å². The molecule has 0 aliphatic heterocycles. The largest absolute Gasteiger partial charge is 0.480 e. The molecule has 1 aliphatic carbocycles. The van der Waals surface area contributed by atoms with Crippen molar-refractivity contribution in [3.8, 4) is 0 Å². The van der Waals surface area contributed by atoms with Gasteiger partial charge in [0.1, 0.15) is 5.54 Å². The van der Waals surface area contributed by atoms with E-state index in [-0.39, 0.29) is 43.0 Å². The van der Waals surface area contributed by atoms with Crippen LogP contribution in [-0.2, 0) is 4.79 Å². The summed E-state index contributed by atoms with van der Waals surface area (Å²) in [7, 11) is 0.660. The van der Waals surface area contributed by atoms with Crippen molar-refractivity contribution in [3.05, 3.63) is 0 Å². The van der Waals surface area contributed by atoms with Gasteiger partial charge in [-0.2, -0.15) is 0 Å². The van der Waals surface area contributed by atoms with Gasteiger partial charge in [0.25, 0.3) is 0 Å². The van der Waals surface area contributed by atoms with E-state index >= 15 is 0 Å². The van der Waals surface area contributed by atoms with Crippen molar-refractivity contribution in [2.24, 2.45) is 17.6 Å². The second-order valence-corrected chi connectivity index (χ2v) is 6.78. The minimum atomic E-state index is -1.33. The molecule has 0 amide bonds. The van der Waals surface area contributed by atoms with Gasteiger partial charge in [0, 0.05) is 18.5 Å². The predicted octanol–water partition coefficient (Wildman–Crippen LogP) is 1.23. The van der Waals surface area contributed by atoms with Crippen molar-refractivity contribution < 1.29 is 19.9 Å². The van der Waals surface area contributed by atoms with Crippen LogP contribution in [0.2, 0.25) is 6.32 Å². The molecule has 1 aliphatic rings. The second kappa shape index (κ2) is 10.7. The van der Waals surface area contributed by atoms with Crippen LogP contribution in [0.1, 0.15) is 39.5 Å². The minimum absolute atomic E-state index is 0. The lowest BCUT2D eigenvalue weighted by molar-refractivity contribution is -0.148. The van der Waals surface area contributed by atoms with E-state index < -0.39 is 18.6 Å². The first-order chi connectivity index (χ1) is 9.66. The van der Waals surface area contributed by atoms with E-state index in [2.05, 4.69) is 18.7 Å². The van der Waals surface area contributed by atoms with Crippen molar-refractivity contribution >= 4 is 37.9 Å². The van der Waals surface area contributed by atoms with Crippen molar-refractivity contribution in [1.82, 2.24) is 4.90 Å². The molecule has 138 valence electrons. The van der Waals surface area contributed by atoms with Crippen LogP contribution in [0.25, 0.3) is 0 Å². The van der Waals surface area contributed by atoms with Gasteiger partial charge in [0.2, 0.25) is 0 Å². The molecule has 0 aromatic rings. The molecule has 0 aromatic carbocycles. The molecule has 3 unspecified atom stereocenters. The summed E-state index contributed by atoms with van der Waals surface area (Å²) in [6.45, 7) is 4.83. The summed E-state index contributed by atoms with van der Waals surface area (Å²) in [4.78, 5) is 13.8. The molecule has 0 saturated heterocycles. The maximum Gasteiger partial charge on any atom is 0.451 e. The molecule has 3 atom stereocenters. The maximum atomic E-state index is 11.7. The number of halogens is 2. The Kier molecular flexibility index (Phi) is 11.8. The van der Waals surface area contributed by atoms with Crippen molar-refractivity contribution in [2.75, 3.05) is 13.6 Å². The topological polar surface area (TPSA) is 107 Å². The third-order valence-corrected chi connectivity index (χ3v) is 4.90. The smallest absolute Gasteiger partial charge is 0.451 e. The number of hydrogen-bond donors (Lipinski definition) is 4. The molecule has 0 bridgehead atoms. The Labute approximate surface area is 151 Å². The van der Waals surface area contributed by atoms with Gasteiger partial charge in [-0.25, -0.2) is 0 Å². The fourth-order valence-corrected chi connectivity index (χ4v) is 3.15. The lowest BCUT2D eigenvalue weighted by Gasteiger charge is -2.43. The molecule has 0 radical (unpaired) electrons. The molecule has 0 spiro atoms. The normalized spacial score (nSPS) is 27.3. The van der Waals surface area contributed by atoms with Crippen LogP contribution in [0.3, 0.4) is 0 Å². The van der Waals surface area contributed by atoms with E-state index in [1.165, 1.54) is 0 Å². The van der Waals surface area contributed by atoms with Crippen LogP contribution < -0.4 is 5.73 Å². The summed E-state index contributed by atoms with van der Waals surface area (Å²) >= 11 is 0. The van der Waals surface area contributed by atoms with E-state index in [9.17, 15) is 9.90 Å². The first kappa shape index (κ1) is 25.2. The summed E-state index contributed by atoms with van der Waals surface area (Å²) in [6.07, 6.45) is 2.96. The summed E-state index contributed by atoms with van der Waals surface area (Å²) in [5.74, 6) is -0.870. The van der Waals surface area contributed by atoms with Gasteiger partial charge in [0.15, 0.2) is 0 Å². The molecule has 1 fully saturated rings. The number of nitrogens with two attached hydrogens (primary N) is 1. The summed E-state index contributed by atoms with van der Waals surface area (Å²) in [5, 5.41) is 27.5. The Morgan fingerprint density at radius 3 is 2.35 bits per heavy atom. The zero-order chi connectivity index (χ0) is 16.2. The Morgan fingerprint density at radius 2 is 1.91 bits per heavy atom. The lowest BCUT2D eigenvalue weighted by Crippen LogP contribution is -2.60. The molecular weight excluding hydrogens is 342 g/mol. The molecule has 6 nitrogen and oxygen atoms in total. The van der Waals surface area contributed by atoms with Gasteiger partial charge >= 0.3 is 13.1 Å². The van der Waals surface area contributed by atoms with Gasteiger partial charge < -0.3 is 25.8 Å². The Morgan fingerprint density at radius 1 is 1.35 bits per heavy atom. The van der Waals surface area contributed by atoms with Gasteiger partial charge in [-0.15, -0.1) is 24.8 Å². The molecule has 23 heavy (non-hydrogen) atoms. The first-order valence-electron chi connectivity index (χ1n) is 7.75. The highest BCUT2D eigenvalue weighted by atomic mass is 35.5. The number of nitrogens with zero attached hydrogens (tertiary/aromatic N) is 1. The molecule has 0 heterocycles. The number of rotatable bonds is 7. The van der Waals surface area contributed by atoms with Crippen LogP contribution >= 0.6 is 24.8 Å². The molecule has 1 saturated carbocycles. The van der Waals surface area contributed by atoms with Crippen LogP contribution in [0.4, 0.5) is 0 Å². The van der Waals surface area contributed by atoms with Gasteiger partial charge in [-0.1, -0.05) is 6.42 Å². The average molecular weight is 373 g/mol. The number of aliphatic carboxylic acids is 1. The quantitative estimate of drug-likeness (QED) is 0.500. The molecular formula is C14H31BCl2N2O4. The molecule has 9 heteroatoms. The Balaban J connectivity index is 0. The van der Waals surface area contributed by atoms with Crippen LogP contribution in [0.5, 0.6) is 0 Å². The van der Waals surface area contributed by atoms with Crippen molar-refractivity contribution in [1.29, 1.82) is 0 Å². The average Bonchev–Trinajstić information content (AvgIpc) is 2.38. The van der Waals surface area contributed by atoms with E-state index in [0.717, 1.165) is 12.8 Å². The van der Waals surface area contributed by atoms with Crippen molar-refractivity contribution in [3.63, 3.8) is 0 Å². The number of carboxylic acid groups (broad SMARTS) is 1. The summed E-state index contributed by atoms with van der Waals surface area (Å²) in [5.41, 5.74) is 5.02. The highest BCUT2D eigenvalue weighted by molar-refractivity contribution is 6.40. The second-order valence-electron chi connectivity index (χ2n) is 6.78.